The minimum atomic E-state index is 0. The van der Waals surface area contributed by atoms with Gasteiger partial charge in [0.25, 0.3) is 0 Å². The van der Waals surface area contributed by atoms with E-state index in [0.717, 1.165) is 12.0 Å². The SMILES string of the molecule is Oc1ccccc1Cc1ccccc1.[Na]. The van der Waals surface area contributed by atoms with Crippen molar-refractivity contribution in [3.63, 3.8) is 0 Å². The van der Waals surface area contributed by atoms with Crippen LogP contribution in [0.25, 0.3) is 0 Å². The molecule has 1 nitrogen and oxygen atoms in total. The van der Waals surface area contributed by atoms with E-state index in [2.05, 4.69) is 12.1 Å². The van der Waals surface area contributed by atoms with Crippen LogP contribution >= 0.6 is 0 Å². The van der Waals surface area contributed by atoms with Crippen LogP contribution in [0.15, 0.2) is 54.6 Å². The molecule has 0 saturated carbocycles. The van der Waals surface area contributed by atoms with Gasteiger partial charge < -0.3 is 5.11 Å². The molecule has 2 rings (SSSR count). The van der Waals surface area contributed by atoms with Crippen molar-refractivity contribution in [2.75, 3.05) is 0 Å². The molecular weight excluding hydrogens is 195 g/mol. The van der Waals surface area contributed by atoms with E-state index < -0.39 is 0 Å². The maximum absolute atomic E-state index is 9.57. The van der Waals surface area contributed by atoms with E-state index in [1.807, 2.05) is 36.4 Å². The number of aromatic hydroxyl groups is 1. The zero-order chi connectivity index (χ0) is 9.80. The van der Waals surface area contributed by atoms with Crippen molar-refractivity contribution in [1.82, 2.24) is 0 Å². The molecule has 15 heavy (non-hydrogen) atoms. The van der Waals surface area contributed by atoms with Gasteiger partial charge in [0.15, 0.2) is 0 Å². The molecule has 0 unspecified atom stereocenters. The van der Waals surface area contributed by atoms with E-state index in [0.29, 0.717) is 5.75 Å². The fourth-order valence-corrected chi connectivity index (χ4v) is 1.48. The van der Waals surface area contributed by atoms with Crippen molar-refractivity contribution >= 4 is 29.6 Å². The summed E-state index contributed by atoms with van der Waals surface area (Å²) in [5.41, 5.74) is 2.19. The van der Waals surface area contributed by atoms with Crippen LogP contribution in [0.3, 0.4) is 0 Å². The predicted molar refractivity (Wildman–Crippen MR) is 63.1 cm³/mol. The molecule has 0 fully saturated rings. The summed E-state index contributed by atoms with van der Waals surface area (Å²) in [5, 5.41) is 9.57. The Morgan fingerprint density at radius 1 is 0.800 bits per heavy atom. The Balaban J connectivity index is 0.00000112. The van der Waals surface area contributed by atoms with Crippen molar-refractivity contribution in [2.24, 2.45) is 0 Å². The topological polar surface area (TPSA) is 20.2 Å². The molecule has 0 heterocycles. The van der Waals surface area contributed by atoms with Crippen LogP contribution in [0.2, 0.25) is 0 Å². The van der Waals surface area contributed by atoms with E-state index in [9.17, 15) is 5.11 Å². The zero-order valence-corrected chi connectivity index (χ0v) is 10.9. The maximum Gasteiger partial charge on any atom is 0.119 e. The molecule has 0 saturated heterocycles. The number of phenolic OH excluding ortho intramolecular Hbond substituents is 1. The first-order chi connectivity index (χ1) is 6.86. The van der Waals surface area contributed by atoms with Gasteiger partial charge in [0.2, 0.25) is 0 Å². The van der Waals surface area contributed by atoms with Crippen LogP contribution in [0.4, 0.5) is 0 Å². The van der Waals surface area contributed by atoms with Crippen molar-refractivity contribution in [3.05, 3.63) is 65.7 Å². The van der Waals surface area contributed by atoms with Gasteiger partial charge >= 0.3 is 0 Å². The van der Waals surface area contributed by atoms with E-state index >= 15 is 0 Å². The van der Waals surface area contributed by atoms with Crippen LogP contribution in [-0.2, 0) is 6.42 Å². The van der Waals surface area contributed by atoms with Crippen molar-refractivity contribution in [3.8, 4) is 5.75 Å². The Morgan fingerprint density at radius 3 is 2.07 bits per heavy atom. The minimum absolute atomic E-state index is 0. The maximum atomic E-state index is 9.57. The average Bonchev–Trinajstić information content (AvgIpc) is 2.23. The molecule has 2 aromatic rings. The second-order valence-electron chi connectivity index (χ2n) is 3.29. The monoisotopic (exact) mass is 207 g/mol. The fraction of sp³-hybridized carbons (Fsp3) is 0.0769. The largest absolute Gasteiger partial charge is 0.508 e. The van der Waals surface area contributed by atoms with Gasteiger partial charge in [0, 0.05) is 36.0 Å². The number of hydrogen-bond acceptors (Lipinski definition) is 1. The number of benzene rings is 2. The van der Waals surface area contributed by atoms with Gasteiger partial charge in [-0.3, -0.25) is 0 Å². The first kappa shape index (κ1) is 12.3. The number of hydrogen-bond donors (Lipinski definition) is 1. The number of phenols is 1. The summed E-state index contributed by atoms with van der Waals surface area (Å²) in [5.74, 6) is 0.372. The van der Waals surface area contributed by atoms with Crippen molar-refractivity contribution in [1.29, 1.82) is 0 Å². The van der Waals surface area contributed by atoms with Gasteiger partial charge in [0.1, 0.15) is 5.75 Å². The summed E-state index contributed by atoms with van der Waals surface area (Å²) < 4.78 is 0. The Kier molecular flexibility index (Phi) is 4.89. The standard InChI is InChI=1S/C13H12O.Na/c14-13-9-5-4-8-12(13)10-11-6-2-1-3-7-11;/h1-9,14H,10H2;. The molecule has 1 N–H and O–H groups in total. The second kappa shape index (κ2) is 5.96. The van der Waals surface area contributed by atoms with Gasteiger partial charge in [-0.25, -0.2) is 0 Å². The quantitative estimate of drug-likeness (QED) is 0.750. The minimum Gasteiger partial charge on any atom is -0.508 e. The molecule has 0 bridgehead atoms. The van der Waals surface area contributed by atoms with Gasteiger partial charge in [-0.2, -0.15) is 0 Å². The molecule has 1 radical (unpaired) electrons. The summed E-state index contributed by atoms with van der Waals surface area (Å²) in [6, 6.07) is 17.6. The molecular formula is C13H12NaO. The van der Waals surface area contributed by atoms with E-state index in [-0.39, 0.29) is 29.6 Å². The summed E-state index contributed by atoms with van der Waals surface area (Å²) in [7, 11) is 0. The zero-order valence-electron chi connectivity index (χ0n) is 8.85. The molecule has 0 atom stereocenters. The molecule has 2 aromatic carbocycles. The number of para-hydroxylation sites is 1. The van der Waals surface area contributed by atoms with E-state index in [1.54, 1.807) is 6.07 Å². The van der Waals surface area contributed by atoms with Crippen molar-refractivity contribution in [2.45, 2.75) is 6.42 Å². The third-order valence-corrected chi connectivity index (χ3v) is 2.23. The second-order valence-corrected chi connectivity index (χ2v) is 3.29. The molecule has 2 heteroatoms. The first-order valence-electron chi connectivity index (χ1n) is 4.67. The van der Waals surface area contributed by atoms with Crippen LogP contribution in [0.5, 0.6) is 5.75 Å². The van der Waals surface area contributed by atoms with E-state index in [4.69, 9.17) is 0 Å². The van der Waals surface area contributed by atoms with Gasteiger partial charge in [-0.05, 0) is 17.2 Å². The summed E-state index contributed by atoms with van der Waals surface area (Å²) in [6.07, 6.45) is 0.785. The molecule has 0 spiro atoms. The summed E-state index contributed by atoms with van der Waals surface area (Å²) in [6.45, 7) is 0. The molecule has 0 aliphatic heterocycles. The fourth-order valence-electron chi connectivity index (χ4n) is 1.48. The predicted octanol–water partition coefficient (Wildman–Crippen LogP) is 2.60. The molecule has 0 aromatic heterocycles. The van der Waals surface area contributed by atoms with Crippen LogP contribution in [0.1, 0.15) is 11.1 Å². The Labute approximate surface area is 112 Å². The normalized spacial score (nSPS) is 9.33. The third-order valence-electron chi connectivity index (χ3n) is 2.23. The van der Waals surface area contributed by atoms with Crippen LogP contribution in [-0.4, -0.2) is 34.7 Å². The van der Waals surface area contributed by atoms with Crippen LogP contribution in [0, 0.1) is 0 Å². The van der Waals surface area contributed by atoms with Gasteiger partial charge in [0.05, 0.1) is 0 Å². The third kappa shape index (κ3) is 3.38. The van der Waals surface area contributed by atoms with Crippen LogP contribution < -0.4 is 0 Å². The number of rotatable bonds is 2. The first-order valence-corrected chi connectivity index (χ1v) is 4.67. The Morgan fingerprint density at radius 2 is 1.40 bits per heavy atom. The smallest absolute Gasteiger partial charge is 0.119 e. The van der Waals surface area contributed by atoms with Gasteiger partial charge in [-0.15, -0.1) is 0 Å². The average molecular weight is 207 g/mol. The molecule has 0 amide bonds. The summed E-state index contributed by atoms with van der Waals surface area (Å²) in [4.78, 5) is 0. The molecule has 0 aliphatic carbocycles. The van der Waals surface area contributed by atoms with Gasteiger partial charge in [-0.1, -0.05) is 48.5 Å². The van der Waals surface area contributed by atoms with Crippen molar-refractivity contribution < 1.29 is 5.11 Å². The molecule has 71 valence electrons. The molecule has 0 aliphatic rings. The Bertz CT molecular complexity index is 412. The van der Waals surface area contributed by atoms with E-state index in [1.165, 1.54) is 5.56 Å². The Hall–Kier alpha value is -0.760. The summed E-state index contributed by atoms with van der Waals surface area (Å²) >= 11 is 0.